The third-order valence-electron chi connectivity index (χ3n) is 5.37. The van der Waals surface area contributed by atoms with Gasteiger partial charge in [-0.1, -0.05) is 78.9 Å². The molecule has 0 aromatic heterocycles. The van der Waals surface area contributed by atoms with Crippen molar-refractivity contribution in [2.75, 3.05) is 0 Å². The molecule has 110 valence electrons. The second-order valence-electron chi connectivity index (χ2n) is 6.58. The molecule has 0 spiro atoms. The van der Waals surface area contributed by atoms with Crippen molar-refractivity contribution < 1.29 is 0 Å². The molecule has 1 aliphatic carbocycles. The maximum Gasteiger partial charge on any atom is -0.00141 e. The van der Waals surface area contributed by atoms with Crippen LogP contribution in [-0.4, -0.2) is 0 Å². The van der Waals surface area contributed by atoms with Crippen LogP contribution in [0.5, 0.6) is 0 Å². The molecule has 0 fully saturated rings. The molecule has 0 unspecified atom stereocenters. The first kappa shape index (κ1) is 12.3. The Morgan fingerprint density at radius 1 is 0.417 bits per heavy atom. The van der Waals surface area contributed by atoms with Crippen LogP contribution in [0.25, 0.3) is 54.6 Å². The highest BCUT2D eigenvalue weighted by Gasteiger charge is 2.23. The third kappa shape index (κ3) is 1.39. The normalized spacial score (nSPS) is 12.2. The van der Waals surface area contributed by atoms with Crippen LogP contribution in [0.3, 0.4) is 0 Å². The lowest BCUT2D eigenvalue weighted by Gasteiger charge is -2.10. The Morgan fingerprint density at radius 3 is 2.12 bits per heavy atom. The fourth-order valence-electron chi connectivity index (χ4n) is 4.37. The summed E-state index contributed by atoms with van der Waals surface area (Å²) in [6, 6.07) is 31.1. The van der Waals surface area contributed by atoms with Gasteiger partial charge >= 0.3 is 0 Å². The Labute approximate surface area is 140 Å². The highest BCUT2D eigenvalue weighted by molar-refractivity contribution is 6.27. The predicted molar refractivity (Wildman–Crippen MR) is 103 cm³/mol. The quantitative estimate of drug-likeness (QED) is 0.214. The zero-order chi connectivity index (χ0) is 15.7. The van der Waals surface area contributed by atoms with Crippen molar-refractivity contribution in [3.63, 3.8) is 0 Å². The topological polar surface area (TPSA) is 0 Å². The highest BCUT2D eigenvalue weighted by Crippen LogP contribution is 2.50. The first-order valence-electron chi connectivity index (χ1n) is 8.39. The van der Waals surface area contributed by atoms with E-state index in [4.69, 9.17) is 0 Å². The zero-order valence-electron chi connectivity index (χ0n) is 13.1. The third-order valence-corrected chi connectivity index (χ3v) is 5.37. The van der Waals surface area contributed by atoms with Crippen LogP contribution in [0, 0.1) is 0 Å². The fourth-order valence-corrected chi connectivity index (χ4v) is 4.37. The van der Waals surface area contributed by atoms with Crippen molar-refractivity contribution in [2.45, 2.75) is 0 Å². The zero-order valence-corrected chi connectivity index (χ0v) is 13.1. The highest BCUT2D eigenvalue weighted by atomic mass is 14.3. The average Bonchev–Trinajstić information content (AvgIpc) is 2.99. The van der Waals surface area contributed by atoms with Crippen molar-refractivity contribution in [1.82, 2.24) is 0 Å². The summed E-state index contributed by atoms with van der Waals surface area (Å²) in [7, 11) is 0. The molecule has 0 radical (unpaired) electrons. The van der Waals surface area contributed by atoms with Crippen molar-refractivity contribution >= 4 is 32.3 Å². The molecule has 24 heavy (non-hydrogen) atoms. The van der Waals surface area contributed by atoms with Crippen LogP contribution in [0.4, 0.5) is 0 Å². The van der Waals surface area contributed by atoms with Gasteiger partial charge in [-0.15, -0.1) is 0 Å². The summed E-state index contributed by atoms with van der Waals surface area (Å²) in [6.07, 6.45) is 0. The summed E-state index contributed by atoms with van der Waals surface area (Å²) in [5.41, 5.74) is 5.50. The molecule has 0 heterocycles. The van der Waals surface area contributed by atoms with E-state index in [-0.39, 0.29) is 0 Å². The molecule has 0 N–H and O–H groups in total. The number of benzene rings is 5. The lowest BCUT2D eigenvalue weighted by atomic mass is 9.93. The standard InChI is InChI=1S/C24H14/c1-2-8-17-15(6-1)12-13-21-22(17)14-16-7-5-11-19-18-9-3-4-10-20(18)24(21)23(16)19/h1-14H. The molecular weight excluding hydrogens is 288 g/mol. The molecule has 0 heteroatoms. The molecule has 5 aromatic carbocycles. The smallest absolute Gasteiger partial charge is 0.00141 e. The largest absolute Gasteiger partial charge is 0.0616 e. The van der Waals surface area contributed by atoms with Gasteiger partial charge in [0.15, 0.2) is 0 Å². The van der Waals surface area contributed by atoms with Gasteiger partial charge in [0.1, 0.15) is 0 Å². The Morgan fingerprint density at radius 2 is 1.17 bits per heavy atom. The molecule has 0 saturated carbocycles. The van der Waals surface area contributed by atoms with Crippen molar-refractivity contribution in [2.24, 2.45) is 0 Å². The molecule has 5 aromatic rings. The summed E-state index contributed by atoms with van der Waals surface area (Å²) in [5.74, 6) is 0. The van der Waals surface area contributed by atoms with Gasteiger partial charge < -0.3 is 0 Å². The molecule has 0 amide bonds. The Bertz CT molecular complexity index is 1290. The van der Waals surface area contributed by atoms with Gasteiger partial charge in [0, 0.05) is 0 Å². The van der Waals surface area contributed by atoms with E-state index >= 15 is 0 Å². The van der Waals surface area contributed by atoms with E-state index < -0.39 is 0 Å². The Balaban J connectivity index is 1.95. The van der Waals surface area contributed by atoms with E-state index in [1.807, 2.05) is 0 Å². The van der Waals surface area contributed by atoms with Crippen LogP contribution < -0.4 is 0 Å². The molecule has 6 rings (SSSR count). The number of rotatable bonds is 0. The Hall–Kier alpha value is -3.12. The number of hydrogen-bond donors (Lipinski definition) is 0. The van der Waals surface area contributed by atoms with Crippen molar-refractivity contribution in [3.05, 3.63) is 84.9 Å². The molecule has 0 bridgehead atoms. The fraction of sp³-hybridized carbons (Fsp3) is 0. The minimum absolute atomic E-state index is 1.30. The van der Waals surface area contributed by atoms with Gasteiger partial charge in [-0.3, -0.25) is 0 Å². The molecular formula is C24H14. The van der Waals surface area contributed by atoms with E-state index in [1.54, 1.807) is 0 Å². The Kier molecular flexibility index (Phi) is 2.18. The van der Waals surface area contributed by atoms with Crippen molar-refractivity contribution in [3.8, 4) is 22.3 Å². The van der Waals surface area contributed by atoms with Gasteiger partial charge in [0.2, 0.25) is 0 Å². The average molecular weight is 302 g/mol. The van der Waals surface area contributed by atoms with Crippen LogP contribution in [0.15, 0.2) is 84.9 Å². The second-order valence-corrected chi connectivity index (χ2v) is 6.58. The predicted octanol–water partition coefficient (Wildman–Crippen LogP) is 6.79. The summed E-state index contributed by atoms with van der Waals surface area (Å²) < 4.78 is 0. The summed E-state index contributed by atoms with van der Waals surface area (Å²) in [5, 5.41) is 8.09. The van der Waals surface area contributed by atoms with Gasteiger partial charge in [-0.2, -0.15) is 0 Å². The molecule has 1 aliphatic rings. The van der Waals surface area contributed by atoms with Crippen molar-refractivity contribution in [1.29, 1.82) is 0 Å². The van der Waals surface area contributed by atoms with Gasteiger partial charge in [0.25, 0.3) is 0 Å². The van der Waals surface area contributed by atoms with Crippen LogP contribution in [-0.2, 0) is 0 Å². The summed E-state index contributed by atoms with van der Waals surface area (Å²) in [6.45, 7) is 0. The monoisotopic (exact) mass is 302 g/mol. The van der Waals surface area contributed by atoms with Crippen LogP contribution in [0.1, 0.15) is 0 Å². The van der Waals surface area contributed by atoms with Crippen LogP contribution in [0.2, 0.25) is 0 Å². The van der Waals surface area contributed by atoms with E-state index in [1.165, 1.54) is 54.6 Å². The summed E-state index contributed by atoms with van der Waals surface area (Å²) in [4.78, 5) is 0. The molecule has 0 aliphatic heterocycles. The SMILES string of the molecule is c1ccc2c(c1)-c1cccc3cc4c(ccc5ccccc54)c-2c13. The minimum Gasteiger partial charge on any atom is -0.0616 e. The van der Waals surface area contributed by atoms with Gasteiger partial charge in [0.05, 0.1) is 0 Å². The van der Waals surface area contributed by atoms with E-state index in [9.17, 15) is 0 Å². The first-order chi connectivity index (χ1) is 11.9. The maximum atomic E-state index is 2.37. The van der Waals surface area contributed by atoms with E-state index in [0.717, 1.165) is 0 Å². The molecule has 0 nitrogen and oxygen atoms in total. The molecule has 0 saturated heterocycles. The number of fused-ring (bicyclic) bond motifs is 7. The maximum absolute atomic E-state index is 2.37. The van der Waals surface area contributed by atoms with E-state index in [2.05, 4.69) is 84.9 Å². The summed E-state index contributed by atoms with van der Waals surface area (Å²) >= 11 is 0. The van der Waals surface area contributed by atoms with Gasteiger partial charge in [-0.25, -0.2) is 0 Å². The lowest BCUT2D eigenvalue weighted by Crippen LogP contribution is -1.83. The van der Waals surface area contributed by atoms with Gasteiger partial charge in [-0.05, 0) is 60.6 Å². The number of hydrogen-bond acceptors (Lipinski definition) is 0. The first-order valence-corrected chi connectivity index (χ1v) is 8.39. The lowest BCUT2D eigenvalue weighted by molar-refractivity contribution is 1.70. The molecule has 0 atom stereocenters. The minimum atomic E-state index is 1.30. The van der Waals surface area contributed by atoms with E-state index in [0.29, 0.717) is 0 Å². The van der Waals surface area contributed by atoms with Crippen LogP contribution >= 0.6 is 0 Å². The second kappa shape index (κ2) is 4.24.